The number of carbonyl (C=O) groups excluding carboxylic acids is 2. The molecular formula is C14H26ClN3O2. The van der Waals surface area contributed by atoms with E-state index in [2.05, 4.69) is 10.6 Å². The minimum Gasteiger partial charge on any atom is -0.354 e. The van der Waals surface area contributed by atoms with E-state index in [1.54, 1.807) is 0 Å². The van der Waals surface area contributed by atoms with Crippen LogP contribution in [0.15, 0.2) is 0 Å². The third-order valence-electron chi connectivity index (χ3n) is 4.42. The second-order valence-electron chi connectivity index (χ2n) is 6.15. The second-order valence-corrected chi connectivity index (χ2v) is 6.15. The van der Waals surface area contributed by atoms with Crippen molar-refractivity contribution in [1.29, 1.82) is 0 Å². The minimum absolute atomic E-state index is 0. The molecule has 1 aliphatic heterocycles. The standard InChI is InChI=1S/C14H25N3O2.ClH/c1-14(15)8-4-2-6-10(14)12(18)17-11-7-3-5-9-16-13(11)19;/h10-11H,2-9,15H2,1H3,(H,16,19)(H,17,18);1H. The quantitative estimate of drug-likeness (QED) is 0.714. The maximum Gasteiger partial charge on any atom is 0.242 e. The molecule has 1 heterocycles. The molecule has 0 aromatic carbocycles. The van der Waals surface area contributed by atoms with E-state index in [1.165, 1.54) is 0 Å². The molecule has 0 radical (unpaired) electrons. The molecule has 4 N–H and O–H groups in total. The van der Waals surface area contributed by atoms with Crippen LogP contribution in [0, 0.1) is 5.92 Å². The van der Waals surface area contributed by atoms with E-state index in [0.29, 0.717) is 6.54 Å². The fourth-order valence-electron chi connectivity index (χ4n) is 3.14. The van der Waals surface area contributed by atoms with Crippen LogP contribution >= 0.6 is 12.4 Å². The Kier molecular flexibility index (Phi) is 6.27. The molecule has 0 aromatic rings. The Morgan fingerprint density at radius 1 is 1.30 bits per heavy atom. The number of nitrogens with two attached hydrogens (primary N) is 1. The van der Waals surface area contributed by atoms with E-state index in [1.807, 2.05) is 6.92 Å². The van der Waals surface area contributed by atoms with Gasteiger partial charge in [0.25, 0.3) is 0 Å². The van der Waals surface area contributed by atoms with Crippen molar-refractivity contribution in [2.24, 2.45) is 11.7 Å². The lowest BCUT2D eigenvalue weighted by Crippen LogP contribution is -2.56. The number of hydrogen-bond acceptors (Lipinski definition) is 3. The van der Waals surface area contributed by atoms with Gasteiger partial charge in [0.05, 0.1) is 5.92 Å². The van der Waals surface area contributed by atoms with Crippen LogP contribution in [0.5, 0.6) is 0 Å². The first kappa shape index (κ1) is 17.2. The van der Waals surface area contributed by atoms with Gasteiger partial charge in [-0.05, 0) is 39.0 Å². The van der Waals surface area contributed by atoms with Gasteiger partial charge in [-0.2, -0.15) is 0 Å². The summed E-state index contributed by atoms with van der Waals surface area (Å²) in [6.07, 6.45) is 6.51. The van der Waals surface area contributed by atoms with E-state index in [9.17, 15) is 9.59 Å². The summed E-state index contributed by atoms with van der Waals surface area (Å²) in [4.78, 5) is 24.2. The van der Waals surface area contributed by atoms with Gasteiger partial charge in [0.2, 0.25) is 11.8 Å². The molecule has 6 heteroatoms. The van der Waals surface area contributed by atoms with Gasteiger partial charge >= 0.3 is 0 Å². The van der Waals surface area contributed by atoms with Gasteiger partial charge in [0, 0.05) is 12.1 Å². The first-order valence-electron chi connectivity index (χ1n) is 7.38. The van der Waals surface area contributed by atoms with Crippen molar-refractivity contribution in [3.05, 3.63) is 0 Å². The zero-order valence-corrected chi connectivity index (χ0v) is 12.9. The summed E-state index contributed by atoms with van der Waals surface area (Å²) >= 11 is 0. The highest BCUT2D eigenvalue weighted by Crippen LogP contribution is 2.31. The van der Waals surface area contributed by atoms with Gasteiger partial charge in [-0.15, -0.1) is 12.4 Å². The molecule has 1 aliphatic carbocycles. The molecule has 0 spiro atoms. The summed E-state index contributed by atoms with van der Waals surface area (Å²) in [6, 6.07) is -0.382. The van der Waals surface area contributed by atoms with E-state index in [-0.39, 0.29) is 36.2 Å². The summed E-state index contributed by atoms with van der Waals surface area (Å²) in [5, 5.41) is 5.74. The number of halogens is 1. The zero-order chi connectivity index (χ0) is 13.9. The molecule has 20 heavy (non-hydrogen) atoms. The van der Waals surface area contributed by atoms with Gasteiger partial charge in [-0.3, -0.25) is 9.59 Å². The third-order valence-corrected chi connectivity index (χ3v) is 4.42. The van der Waals surface area contributed by atoms with Crippen molar-refractivity contribution in [3.63, 3.8) is 0 Å². The molecule has 3 atom stereocenters. The number of amides is 2. The van der Waals surface area contributed by atoms with E-state index < -0.39 is 5.54 Å². The Morgan fingerprint density at radius 2 is 2.00 bits per heavy atom. The van der Waals surface area contributed by atoms with Crippen molar-refractivity contribution in [1.82, 2.24) is 10.6 Å². The fourth-order valence-corrected chi connectivity index (χ4v) is 3.14. The first-order chi connectivity index (χ1) is 9.00. The molecule has 2 rings (SSSR count). The lowest BCUT2D eigenvalue weighted by atomic mass is 9.74. The van der Waals surface area contributed by atoms with Gasteiger partial charge < -0.3 is 16.4 Å². The average Bonchev–Trinajstić information content (AvgIpc) is 2.54. The lowest BCUT2D eigenvalue weighted by molar-refractivity contribution is -0.133. The monoisotopic (exact) mass is 303 g/mol. The van der Waals surface area contributed by atoms with E-state index in [0.717, 1.165) is 44.9 Å². The van der Waals surface area contributed by atoms with Crippen LogP contribution < -0.4 is 16.4 Å². The van der Waals surface area contributed by atoms with E-state index >= 15 is 0 Å². The molecule has 2 amide bonds. The highest BCUT2D eigenvalue weighted by atomic mass is 35.5. The van der Waals surface area contributed by atoms with Crippen LogP contribution in [0.4, 0.5) is 0 Å². The molecule has 0 aromatic heterocycles. The Bertz CT molecular complexity index is 360. The smallest absolute Gasteiger partial charge is 0.242 e. The molecule has 2 aliphatic rings. The average molecular weight is 304 g/mol. The van der Waals surface area contributed by atoms with Crippen LogP contribution in [0.3, 0.4) is 0 Å². The Hall–Kier alpha value is -0.810. The number of carbonyl (C=O) groups is 2. The van der Waals surface area contributed by atoms with E-state index in [4.69, 9.17) is 5.73 Å². The molecule has 2 fully saturated rings. The lowest BCUT2D eigenvalue weighted by Gasteiger charge is -2.37. The third kappa shape index (κ3) is 4.09. The van der Waals surface area contributed by atoms with Crippen LogP contribution in [0.2, 0.25) is 0 Å². The Morgan fingerprint density at radius 3 is 2.70 bits per heavy atom. The molecule has 5 nitrogen and oxygen atoms in total. The van der Waals surface area contributed by atoms with Crippen molar-refractivity contribution >= 4 is 24.2 Å². The van der Waals surface area contributed by atoms with Crippen molar-refractivity contribution < 1.29 is 9.59 Å². The second kappa shape index (κ2) is 7.27. The molecule has 3 unspecified atom stereocenters. The molecule has 0 bridgehead atoms. The van der Waals surface area contributed by atoms with Crippen molar-refractivity contribution in [2.45, 2.75) is 63.5 Å². The largest absolute Gasteiger partial charge is 0.354 e. The summed E-state index contributed by atoms with van der Waals surface area (Å²) < 4.78 is 0. The highest BCUT2D eigenvalue weighted by molar-refractivity contribution is 5.89. The molecular weight excluding hydrogens is 278 g/mol. The van der Waals surface area contributed by atoms with Crippen LogP contribution in [0.25, 0.3) is 0 Å². The highest BCUT2D eigenvalue weighted by Gasteiger charge is 2.39. The summed E-state index contributed by atoms with van der Waals surface area (Å²) in [5.74, 6) is -0.274. The number of hydrogen-bond donors (Lipinski definition) is 3. The Labute approximate surface area is 126 Å². The molecule has 116 valence electrons. The molecule has 1 saturated carbocycles. The van der Waals surface area contributed by atoms with Crippen molar-refractivity contribution in [3.8, 4) is 0 Å². The zero-order valence-electron chi connectivity index (χ0n) is 12.1. The summed E-state index contributed by atoms with van der Waals surface area (Å²) in [5.41, 5.74) is 5.79. The van der Waals surface area contributed by atoms with Crippen LogP contribution in [0.1, 0.15) is 51.9 Å². The predicted molar refractivity (Wildman–Crippen MR) is 80.6 cm³/mol. The number of rotatable bonds is 2. The van der Waals surface area contributed by atoms with Gasteiger partial charge in [0.15, 0.2) is 0 Å². The van der Waals surface area contributed by atoms with Crippen molar-refractivity contribution in [2.75, 3.05) is 6.54 Å². The van der Waals surface area contributed by atoms with Gasteiger partial charge in [-0.1, -0.05) is 12.8 Å². The fraction of sp³-hybridized carbons (Fsp3) is 0.857. The predicted octanol–water partition coefficient (Wildman–Crippen LogP) is 1.10. The SMILES string of the molecule is CC1(N)CCCCC1C(=O)NC1CCCCNC1=O.Cl. The summed E-state index contributed by atoms with van der Waals surface area (Å²) in [7, 11) is 0. The normalized spacial score (nSPS) is 34.4. The topological polar surface area (TPSA) is 84.2 Å². The van der Waals surface area contributed by atoms with Crippen LogP contribution in [-0.4, -0.2) is 29.9 Å². The maximum atomic E-state index is 12.4. The van der Waals surface area contributed by atoms with Gasteiger partial charge in [-0.25, -0.2) is 0 Å². The first-order valence-corrected chi connectivity index (χ1v) is 7.38. The maximum absolute atomic E-state index is 12.4. The number of nitrogens with one attached hydrogen (secondary N) is 2. The molecule has 1 saturated heterocycles. The van der Waals surface area contributed by atoms with Crippen LogP contribution in [-0.2, 0) is 9.59 Å². The van der Waals surface area contributed by atoms with Gasteiger partial charge in [0.1, 0.15) is 6.04 Å². The minimum atomic E-state index is -0.441. The Balaban J connectivity index is 0.00000200. The summed E-state index contributed by atoms with van der Waals surface area (Å²) in [6.45, 7) is 2.66.